The van der Waals surface area contributed by atoms with E-state index in [4.69, 9.17) is 11.6 Å². The molecule has 2 nitrogen and oxygen atoms in total. The minimum atomic E-state index is -0.248. The first-order chi connectivity index (χ1) is 7.24. The number of benzene rings is 1. The second-order valence-electron chi connectivity index (χ2n) is 2.79. The van der Waals surface area contributed by atoms with Gasteiger partial charge in [-0.1, -0.05) is 18.2 Å². The predicted octanol–water partition coefficient (Wildman–Crippen LogP) is 3.50. The van der Waals surface area contributed by atoms with Crippen LogP contribution in [-0.2, 0) is 0 Å². The van der Waals surface area contributed by atoms with Gasteiger partial charge < -0.3 is 0 Å². The Morgan fingerprint density at radius 3 is 2.53 bits per heavy atom. The lowest BCUT2D eigenvalue weighted by atomic mass is 10.2. The van der Waals surface area contributed by atoms with Crippen molar-refractivity contribution in [3.05, 3.63) is 45.9 Å². The molecule has 0 saturated carbocycles. The van der Waals surface area contributed by atoms with Crippen molar-refractivity contribution < 1.29 is 4.39 Å². The van der Waals surface area contributed by atoms with Crippen LogP contribution in [0, 0.1) is 5.82 Å². The summed E-state index contributed by atoms with van der Waals surface area (Å²) >= 11 is 6.76. The molecule has 0 N–H and O–H groups in total. The number of hydrogen-bond donors (Lipinski definition) is 0. The fraction of sp³-hybridized carbons (Fsp3) is 0. The molecule has 0 saturated heterocycles. The van der Waals surface area contributed by atoms with E-state index in [0.29, 0.717) is 10.3 Å². The number of aromatic nitrogens is 2. The Balaban J connectivity index is 2.14. The van der Waals surface area contributed by atoms with Crippen LogP contribution in [0.4, 0.5) is 4.39 Å². The maximum absolute atomic E-state index is 12.6. The molecular weight excluding hydrogens is 235 g/mol. The number of nitrogens with zero attached hydrogens (tertiary/aromatic N) is 2. The Bertz CT molecular complexity index is 478. The molecule has 0 unspecified atom stereocenters. The van der Waals surface area contributed by atoms with Gasteiger partial charge in [0.15, 0.2) is 5.82 Å². The van der Waals surface area contributed by atoms with E-state index in [2.05, 4.69) is 9.36 Å². The van der Waals surface area contributed by atoms with Crippen molar-refractivity contribution in [3.63, 3.8) is 0 Å². The first-order valence-corrected chi connectivity index (χ1v) is 5.32. The van der Waals surface area contributed by atoms with Crippen molar-refractivity contribution in [2.75, 3.05) is 0 Å². The molecule has 0 bridgehead atoms. The van der Waals surface area contributed by atoms with E-state index in [1.165, 1.54) is 12.1 Å². The molecule has 0 fully saturated rings. The molecule has 0 aliphatic rings. The topological polar surface area (TPSA) is 25.8 Å². The standard InChI is InChI=1S/C10H6ClFN2S/c11-10-13-9(14-15-10)6-3-7-1-4-8(12)5-2-7/h1-6H. The minimum absolute atomic E-state index is 0.248. The van der Waals surface area contributed by atoms with Gasteiger partial charge in [-0.15, -0.1) is 0 Å². The molecule has 2 aromatic rings. The Morgan fingerprint density at radius 2 is 1.93 bits per heavy atom. The van der Waals surface area contributed by atoms with Crippen LogP contribution < -0.4 is 0 Å². The largest absolute Gasteiger partial charge is 0.207 e. The summed E-state index contributed by atoms with van der Waals surface area (Å²) in [4.78, 5) is 3.96. The smallest absolute Gasteiger partial charge is 0.203 e. The van der Waals surface area contributed by atoms with Gasteiger partial charge in [-0.25, -0.2) is 9.37 Å². The molecule has 76 valence electrons. The molecular formula is C10H6ClFN2S. The second kappa shape index (κ2) is 4.51. The number of halogens is 2. The SMILES string of the molecule is Fc1ccc(C=Cc2nsc(Cl)n2)cc1. The summed E-state index contributed by atoms with van der Waals surface area (Å²) in [5.41, 5.74) is 0.891. The van der Waals surface area contributed by atoms with E-state index in [0.717, 1.165) is 17.1 Å². The van der Waals surface area contributed by atoms with Crippen LogP contribution in [0.5, 0.6) is 0 Å². The van der Waals surface area contributed by atoms with E-state index in [9.17, 15) is 4.39 Å². The summed E-state index contributed by atoms with van der Waals surface area (Å²) in [7, 11) is 0. The highest BCUT2D eigenvalue weighted by molar-refractivity contribution is 7.10. The summed E-state index contributed by atoms with van der Waals surface area (Å²) < 4.78 is 17.0. The molecule has 0 radical (unpaired) electrons. The van der Waals surface area contributed by atoms with Crippen molar-refractivity contribution in [2.45, 2.75) is 0 Å². The zero-order chi connectivity index (χ0) is 10.7. The lowest BCUT2D eigenvalue weighted by molar-refractivity contribution is 0.628. The van der Waals surface area contributed by atoms with E-state index >= 15 is 0 Å². The summed E-state index contributed by atoms with van der Waals surface area (Å²) in [6.07, 6.45) is 3.54. The molecule has 1 aromatic carbocycles. The highest BCUT2D eigenvalue weighted by Crippen LogP contribution is 2.13. The summed E-state index contributed by atoms with van der Waals surface area (Å²) in [6, 6.07) is 6.17. The molecule has 1 aromatic heterocycles. The Labute approximate surface area is 95.2 Å². The first kappa shape index (κ1) is 10.3. The van der Waals surface area contributed by atoms with Gasteiger partial charge in [0.05, 0.1) is 0 Å². The van der Waals surface area contributed by atoms with E-state index in [-0.39, 0.29) is 5.82 Å². The van der Waals surface area contributed by atoms with Gasteiger partial charge in [-0.05, 0) is 46.9 Å². The highest BCUT2D eigenvalue weighted by atomic mass is 35.5. The average Bonchev–Trinajstić information content (AvgIpc) is 2.64. The molecule has 0 aliphatic carbocycles. The van der Waals surface area contributed by atoms with Gasteiger partial charge in [0.1, 0.15) is 5.82 Å². The Kier molecular flexibility index (Phi) is 3.08. The molecule has 0 amide bonds. The fourth-order valence-electron chi connectivity index (χ4n) is 1.03. The summed E-state index contributed by atoms with van der Waals surface area (Å²) in [6.45, 7) is 0. The molecule has 0 atom stereocenters. The van der Waals surface area contributed by atoms with Crippen LogP contribution in [0.3, 0.4) is 0 Å². The molecule has 1 heterocycles. The molecule has 15 heavy (non-hydrogen) atoms. The zero-order valence-corrected chi connectivity index (χ0v) is 9.10. The summed E-state index contributed by atoms with van der Waals surface area (Å²) in [5.74, 6) is 0.316. The molecule has 0 aliphatic heterocycles. The Morgan fingerprint density at radius 1 is 1.20 bits per heavy atom. The zero-order valence-electron chi connectivity index (χ0n) is 7.52. The third-order valence-electron chi connectivity index (χ3n) is 1.71. The summed E-state index contributed by atoms with van der Waals surface area (Å²) in [5, 5.41) is 0. The van der Waals surface area contributed by atoms with E-state index < -0.39 is 0 Å². The van der Waals surface area contributed by atoms with Gasteiger partial charge in [-0.2, -0.15) is 4.37 Å². The van der Waals surface area contributed by atoms with Gasteiger partial charge in [0.2, 0.25) is 4.47 Å². The van der Waals surface area contributed by atoms with Crippen LogP contribution in [0.1, 0.15) is 11.4 Å². The van der Waals surface area contributed by atoms with Crippen molar-refractivity contribution >= 4 is 35.3 Å². The van der Waals surface area contributed by atoms with Gasteiger partial charge in [0.25, 0.3) is 0 Å². The van der Waals surface area contributed by atoms with Gasteiger partial charge in [-0.3, -0.25) is 0 Å². The average molecular weight is 241 g/mol. The predicted molar refractivity (Wildman–Crippen MR) is 60.2 cm³/mol. The molecule has 2 rings (SSSR count). The van der Waals surface area contributed by atoms with Crippen molar-refractivity contribution in [3.8, 4) is 0 Å². The fourth-order valence-corrected chi connectivity index (χ4v) is 1.62. The third-order valence-corrected chi connectivity index (χ3v) is 2.52. The number of rotatable bonds is 2. The lowest BCUT2D eigenvalue weighted by Gasteiger charge is -1.91. The lowest BCUT2D eigenvalue weighted by Crippen LogP contribution is -1.76. The maximum atomic E-state index is 12.6. The van der Waals surface area contributed by atoms with Crippen LogP contribution in [-0.4, -0.2) is 9.36 Å². The van der Waals surface area contributed by atoms with Crippen LogP contribution in [0.25, 0.3) is 12.2 Å². The quantitative estimate of drug-likeness (QED) is 0.803. The van der Waals surface area contributed by atoms with Gasteiger partial charge in [0, 0.05) is 0 Å². The van der Waals surface area contributed by atoms with Gasteiger partial charge >= 0.3 is 0 Å². The number of hydrogen-bond acceptors (Lipinski definition) is 3. The van der Waals surface area contributed by atoms with Crippen LogP contribution in [0.15, 0.2) is 24.3 Å². The van der Waals surface area contributed by atoms with E-state index in [1.54, 1.807) is 24.3 Å². The van der Waals surface area contributed by atoms with Crippen molar-refractivity contribution in [1.82, 2.24) is 9.36 Å². The molecule has 5 heteroatoms. The third kappa shape index (κ3) is 2.84. The monoisotopic (exact) mass is 240 g/mol. The second-order valence-corrected chi connectivity index (χ2v) is 4.12. The maximum Gasteiger partial charge on any atom is 0.203 e. The normalized spacial score (nSPS) is 11.1. The van der Waals surface area contributed by atoms with Crippen LogP contribution >= 0.6 is 23.1 Å². The minimum Gasteiger partial charge on any atom is -0.207 e. The highest BCUT2D eigenvalue weighted by Gasteiger charge is 1.96. The van der Waals surface area contributed by atoms with E-state index in [1.807, 2.05) is 0 Å². The Hall–Kier alpha value is -1.26. The van der Waals surface area contributed by atoms with Crippen molar-refractivity contribution in [1.29, 1.82) is 0 Å². The van der Waals surface area contributed by atoms with Crippen LogP contribution in [0.2, 0.25) is 4.47 Å². The first-order valence-electron chi connectivity index (χ1n) is 4.17. The van der Waals surface area contributed by atoms with Crippen molar-refractivity contribution in [2.24, 2.45) is 0 Å². The molecule has 0 spiro atoms.